The molecule has 3 rings (SSSR count). The Balaban J connectivity index is 1.86. The van der Waals surface area contributed by atoms with E-state index in [0.29, 0.717) is 12.6 Å². The van der Waals surface area contributed by atoms with Crippen LogP contribution in [-0.4, -0.2) is 31.2 Å². The first-order valence-corrected chi connectivity index (χ1v) is 6.31. The van der Waals surface area contributed by atoms with Crippen molar-refractivity contribution in [1.29, 1.82) is 0 Å². The van der Waals surface area contributed by atoms with Crippen LogP contribution >= 0.6 is 0 Å². The number of rotatable bonds is 2. The maximum absolute atomic E-state index is 11.8. The average molecular weight is 260 g/mol. The quantitative estimate of drug-likeness (QED) is 0.775. The molecule has 1 saturated heterocycles. The van der Waals surface area contributed by atoms with Gasteiger partial charge in [0, 0.05) is 13.1 Å². The Morgan fingerprint density at radius 1 is 1.47 bits per heavy atom. The molecule has 19 heavy (non-hydrogen) atoms. The second-order valence-electron chi connectivity index (χ2n) is 5.19. The number of hydrogen-bond acceptors (Lipinski definition) is 5. The number of para-hydroxylation sites is 2. The maximum atomic E-state index is 11.8. The fourth-order valence-electron chi connectivity index (χ4n) is 2.53. The molecule has 1 aliphatic heterocycles. The highest BCUT2D eigenvalue weighted by Gasteiger charge is 2.42. The number of aromatic nitrogens is 1. The molecule has 0 spiro atoms. The summed E-state index contributed by atoms with van der Waals surface area (Å²) in [4.78, 5) is 18.2. The zero-order chi connectivity index (χ0) is 13.5. The molecule has 0 saturated carbocycles. The van der Waals surface area contributed by atoms with E-state index >= 15 is 0 Å². The highest BCUT2D eigenvalue weighted by atomic mass is 16.5. The van der Waals surface area contributed by atoms with Gasteiger partial charge in [0.25, 0.3) is 6.01 Å². The first-order valence-electron chi connectivity index (χ1n) is 6.31. The minimum atomic E-state index is -0.477. The van der Waals surface area contributed by atoms with Gasteiger partial charge in [0.05, 0.1) is 12.5 Å². The van der Waals surface area contributed by atoms with Crippen LogP contribution in [0.3, 0.4) is 0 Å². The third-order valence-electron chi connectivity index (χ3n) is 3.70. The highest BCUT2D eigenvalue weighted by molar-refractivity contribution is 5.78. The Hall–Kier alpha value is -2.04. The summed E-state index contributed by atoms with van der Waals surface area (Å²) in [6.07, 6.45) is 0.748. The number of benzene rings is 1. The van der Waals surface area contributed by atoms with E-state index in [2.05, 4.69) is 4.98 Å². The molecule has 5 nitrogen and oxygen atoms in total. The Morgan fingerprint density at radius 2 is 2.26 bits per heavy atom. The minimum Gasteiger partial charge on any atom is -0.469 e. The topological polar surface area (TPSA) is 55.6 Å². The lowest BCUT2D eigenvalue weighted by atomic mass is 9.90. The van der Waals surface area contributed by atoms with Crippen LogP contribution in [0.25, 0.3) is 11.1 Å². The summed E-state index contributed by atoms with van der Waals surface area (Å²) in [5.41, 5.74) is 1.13. The Bertz CT molecular complexity index is 589. The van der Waals surface area contributed by atoms with Crippen molar-refractivity contribution in [2.45, 2.75) is 13.3 Å². The minimum absolute atomic E-state index is 0.175. The molecular weight excluding hydrogens is 244 g/mol. The number of ether oxygens (including phenoxy) is 1. The van der Waals surface area contributed by atoms with Crippen molar-refractivity contribution >= 4 is 23.1 Å². The predicted octanol–water partition coefficient (Wildman–Crippen LogP) is 2.22. The number of fused-ring (bicyclic) bond motifs is 1. The van der Waals surface area contributed by atoms with E-state index in [1.165, 1.54) is 7.11 Å². The van der Waals surface area contributed by atoms with Crippen molar-refractivity contribution in [3.63, 3.8) is 0 Å². The van der Waals surface area contributed by atoms with E-state index in [4.69, 9.17) is 9.15 Å². The summed E-state index contributed by atoms with van der Waals surface area (Å²) in [6, 6.07) is 8.23. The summed E-state index contributed by atoms with van der Waals surface area (Å²) in [6.45, 7) is 3.24. The van der Waals surface area contributed by atoms with Gasteiger partial charge >= 0.3 is 5.97 Å². The van der Waals surface area contributed by atoms with E-state index in [9.17, 15) is 4.79 Å². The maximum Gasteiger partial charge on any atom is 0.313 e. The van der Waals surface area contributed by atoms with Crippen LogP contribution in [0.1, 0.15) is 13.3 Å². The molecule has 1 fully saturated rings. The number of oxazole rings is 1. The van der Waals surface area contributed by atoms with Gasteiger partial charge in [0.1, 0.15) is 5.52 Å². The molecule has 2 aromatic rings. The van der Waals surface area contributed by atoms with Crippen LogP contribution < -0.4 is 4.90 Å². The van der Waals surface area contributed by atoms with Crippen LogP contribution in [0.2, 0.25) is 0 Å². The van der Waals surface area contributed by atoms with Gasteiger partial charge in [-0.2, -0.15) is 4.98 Å². The van der Waals surface area contributed by atoms with Crippen molar-refractivity contribution in [3.05, 3.63) is 24.3 Å². The number of methoxy groups -OCH3 is 1. The summed E-state index contributed by atoms with van der Waals surface area (Å²) >= 11 is 0. The van der Waals surface area contributed by atoms with Gasteiger partial charge in [-0.15, -0.1) is 0 Å². The van der Waals surface area contributed by atoms with Crippen LogP contribution in [0.4, 0.5) is 6.01 Å². The third-order valence-corrected chi connectivity index (χ3v) is 3.70. The van der Waals surface area contributed by atoms with Crippen molar-refractivity contribution in [1.82, 2.24) is 4.98 Å². The van der Waals surface area contributed by atoms with E-state index in [-0.39, 0.29) is 5.97 Å². The van der Waals surface area contributed by atoms with E-state index < -0.39 is 5.41 Å². The summed E-state index contributed by atoms with van der Waals surface area (Å²) in [5, 5.41) is 0. The molecule has 1 aromatic heterocycles. The van der Waals surface area contributed by atoms with Crippen LogP contribution in [0, 0.1) is 5.41 Å². The standard InChI is InChI=1S/C14H16N2O3/c1-14(12(17)18-2)7-8-16(9-14)13-15-10-5-3-4-6-11(10)19-13/h3-6H,7-9H2,1-2H3. The lowest BCUT2D eigenvalue weighted by molar-refractivity contribution is -0.150. The Morgan fingerprint density at radius 3 is 3.00 bits per heavy atom. The summed E-state index contributed by atoms with van der Waals surface area (Å²) < 4.78 is 10.6. The second kappa shape index (κ2) is 4.26. The first-order chi connectivity index (χ1) is 9.12. The van der Waals surface area contributed by atoms with E-state index in [0.717, 1.165) is 24.1 Å². The second-order valence-corrected chi connectivity index (χ2v) is 5.19. The van der Waals surface area contributed by atoms with Crippen molar-refractivity contribution in [2.24, 2.45) is 5.41 Å². The van der Waals surface area contributed by atoms with Gasteiger partial charge in [-0.05, 0) is 25.5 Å². The SMILES string of the molecule is COC(=O)C1(C)CCN(c2nc3ccccc3o2)C1. The van der Waals surface area contributed by atoms with Gasteiger partial charge in [-0.25, -0.2) is 0 Å². The summed E-state index contributed by atoms with van der Waals surface area (Å²) in [5.74, 6) is -0.175. The summed E-state index contributed by atoms with van der Waals surface area (Å²) in [7, 11) is 1.43. The molecule has 0 amide bonds. The van der Waals surface area contributed by atoms with Crippen LogP contribution in [-0.2, 0) is 9.53 Å². The fraction of sp³-hybridized carbons (Fsp3) is 0.429. The van der Waals surface area contributed by atoms with Crippen LogP contribution in [0.15, 0.2) is 28.7 Å². The average Bonchev–Trinajstić information content (AvgIpc) is 3.01. The van der Waals surface area contributed by atoms with Gasteiger partial charge in [-0.3, -0.25) is 4.79 Å². The van der Waals surface area contributed by atoms with Gasteiger partial charge in [0.2, 0.25) is 0 Å². The molecule has 0 radical (unpaired) electrons. The number of carbonyl (C=O) groups excluding carboxylic acids is 1. The van der Waals surface area contributed by atoms with Gasteiger partial charge in [0.15, 0.2) is 5.58 Å². The van der Waals surface area contributed by atoms with Crippen molar-refractivity contribution < 1.29 is 13.9 Å². The molecule has 2 heterocycles. The molecule has 1 unspecified atom stereocenters. The Labute approximate surface area is 111 Å². The first kappa shape index (κ1) is 12.0. The number of hydrogen-bond donors (Lipinski definition) is 0. The number of carbonyl (C=O) groups is 1. The Kier molecular flexibility index (Phi) is 2.69. The molecule has 1 aromatic carbocycles. The molecule has 1 atom stereocenters. The van der Waals surface area contributed by atoms with E-state index in [1.54, 1.807) is 0 Å². The molecular formula is C14H16N2O3. The number of anilines is 1. The smallest absolute Gasteiger partial charge is 0.313 e. The molecule has 100 valence electrons. The third kappa shape index (κ3) is 1.95. The zero-order valence-electron chi connectivity index (χ0n) is 11.0. The molecule has 0 N–H and O–H groups in total. The van der Waals surface area contributed by atoms with E-state index in [1.807, 2.05) is 36.1 Å². The van der Waals surface area contributed by atoms with Crippen molar-refractivity contribution in [2.75, 3.05) is 25.1 Å². The number of nitrogens with zero attached hydrogens (tertiary/aromatic N) is 2. The largest absolute Gasteiger partial charge is 0.469 e. The number of esters is 1. The predicted molar refractivity (Wildman–Crippen MR) is 71.0 cm³/mol. The molecule has 1 aliphatic rings. The van der Waals surface area contributed by atoms with Gasteiger partial charge in [-0.1, -0.05) is 12.1 Å². The molecule has 0 bridgehead atoms. The highest BCUT2D eigenvalue weighted by Crippen LogP contribution is 2.34. The lowest BCUT2D eigenvalue weighted by Crippen LogP contribution is -2.33. The monoisotopic (exact) mass is 260 g/mol. The molecule has 0 aliphatic carbocycles. The molecule has 5 heteroatoms. The van der Waals surface area contributed by atoms with Crippen LogP contribution in [0.5, 0.6) is 0 Å². The van der Waals surface area contributed by atoms with Gasteiger partial charge < -0.3 is 14.1 Å². The fourth-order valence-corrected chi connectivity index (χ4v) is 2.53. The zero-order valence-corrected chi connectivity index (χ0v) is 11.0. The lowest BCUT2D eigenvalue weighted by Gasteiger charge is -2.20. The normalized spacial score (nSPS) is 22.9. The van der Waals surface area contributed by atoms with Crippen molar-refractivity contribution in [3.8, 4) is 0 Å².